The van der Waals surface area contributed by atoms with Crippen LogP contribution in [0.4, 0.5) is 13.2 Å². The Balaban J connectivity index is 1.44. The number of halogens is 3. The number of hydrogen-bond acceptors (Lipinski definition) is 8. The monoisotopic (exact) mass is 589 g/mol. The summed E-state index contributed by atoms with van der Waals surface area (Å²) in [6.45, 7) is 5.20. The molecule has 3 fully saturated rings. The number of alkyl halides is 3. The third kappa shape index (κ3) is 6.94. The molecule has 1 amide bonds. The van der Waals surface area contributed by atoms with Crippen LogP contribution in [0.5, 0.6) is 0 Å². The van der Waals surface area contributed by atoms with Gasteiger partial charge in [-0.25, -0.2) is 5.01 Å². The lowest BCUT2D eigenvalue weighted by molar-refractivity contribution is -0.187. The number of amides is 1. The van der Waals surface area contributed by atoms with Gasteiger partial charge >= 0.3 is 6.18 Å². The number of rotatable bonds is 8. The molecule has 0 aromatic heterocycles. The van der Waals surface area contributed by atoms with Gasteiger partial charge in [0.2, 0.25) is 0 Å². The Labute approximate surface area is 242 Å². The van der Waals surface area contributed by atoms with E-state index >= 15 is 0 Å². The van der Waals surface area contributed by atoms with Crippen LogP contribution < -0.4 is 5.43 Å². The molecular weight excluding hydrogens is 555 g/mol. The first-order chi connectivity index (χ1) is 20.0. The number of hydrazine groups is 1. The largest absolute Gasteiger partial charge is 0.416 e. The first kappa shape index (κ1) is 30.4. The summed E-state index contributed by atoms with van der Waals surface area (Å²) in [6, 6.07) is 14.1. The van der Waals surface area contributed by atoms with E-state index in [-0.39, 0.29) is 31.6 Å². The SMILES string of the molecule is CC1(C)O[C@@H]2C[C@@](OCc3cccc(C(F)(F)F)c3)(C(=O)NN3CCOCC3)CC(OCc3ccccc3C#N)[C@@H]2O1. The lowest BCUT2D eigenvalue weighted by Gasteiger charge is -2.44. The van der Waals surface area contributed by atoms with Gasteiger partial charge in [-0.2, -0.15) is 18.4 Å². The molecule has 5 rings (SSSR count). The molecule has 1 saturated carbocycles. The second kappa shape index (κ2) is 12.3. The number of morpholine rings is 1. The van der Waals surface area contributed by atoms with E-state index < -0.39 is 47.3 Å². The molecule has 2 aromatic carbocycles. The molecule has 0 bridgehead atoms. The first-order valence-electron chi connectivity index (χ1n) is 13.9. The number of hydrogen-bond donors (Lipinski definition) is 1. The highest BCUT2D eigenvalue weighted by Crippen LogP contribution is 2.44. The van der Waals surface area contributed by atoms with Gasteiger partial charge in [0.25, 0.3) is 5.91 Å². The molecule has 2 aliphatic heterocycles. The topological polar surface area (TPSA) is 102 Å². The summed E-state index contributed by atoms with van der Waals surface area (Å²) in [6.07, 6.45) is -6.17. The number of benzene rings is 2. The molecule has 12 heteroatoms. The van der Waals surface area contributed by atoms with Gasteiger partial charge in [-0.15, -0.1) is 0 Å². The fourth-order valence-electron chi connectivity index (χ4n) is 5.64. The third-order valence-corrected chi connectivity index (χ3v) is 7.69. The minimum Gasteiger partial charge on any atom is -0.379 e. The number of nitrogens with one attached hydrogen (secondary N) is 1. The second-order valence-corrected chi connectivity index (χ2v) is 11.2. The van der Waals surface area contributed by atoms with Crippen LogP contribution in [0, 0.1) is 11.3 Å². The average molecular weight is 590 g/mol. The summed E-state index contributed by atoms with van der Waals surface area (Å²) in [4.78, 5) is 14.0. The molecule has 2 aromatic rings. The van der Waals surface area contributed by atoms with Crippen molar-refractivity contribution < 1.29 is 41.7 Å². The van der Waals surface area contributed by atoms with E-state index in [1.54, 1.807) is 43.1 Å². The predicted octanol–water partition coefficient (Wildman–Crippen LogP) is 4.10. The highest BCUT2D eigenvalue weighted by molar-refractivity contribution is 5.85. The second-order valence-electron chi connectivity index (χ2n) is 11.2. The molecular formula is C30H34F3N3O6. The molecule has 0 spiro atoms. The molecule has 4 atom stereocenters. The fraction of sp³-hybridized carbons (Fsp3) is 0.533. The van der Waals surface area contributed by atoms with Crippen molar-refractivity contribution in [2.75, 3.05) is 26.3 Å². The molecule has 42 heavy (non-hydrogen) atoms. The quantitative estimate of drug-likeness (QED) is 0.492. The molecule has 2 saturated heterocycles. The lowest BCUT2D eigenvalue weighted by Crippen LogP contribution is -2.63. The van der Waals surface area contributed by atoms with Crippen LogP contribution in [0.1, 0.15) is 48.9 Å². The number of nitriles is 1. The van der Waals surface area contributed by atoms with Gasteiger partial charge in [0.1, 0.15) is 6.10 Å². The van der Waals surface area contributed by atoms with Crippen molar-refractivity contribution in [1.29, 1.82) is 5.26 Å². The molecule has 1 unspecified atom stereocenters. The fourth-order valence-corrected chi connectivity index (χ4v) is 5.64. The normalized spacial score (nSPS) is 27.7. The lowest BCUT2D eigenvalue weighted by atomic mass is 9.78. The Bertz CT molecular complexity index is 1310. The van der Waals surface area contributed by atoms with E-state index in [0.29, 0.717) is 37.4 Å². The van der Waals surface area contributed by atoms with Crippen LogP contribution in [0.15, 0.2) is 48.5 Å². The summed E-state index contributed by atoms with van der Waals surface area (Å²) >= 11 is 0. The molecule has 9 nitrogen and oxygen atoms in total. The minimum atomic E-state index is -4.52. The van der Waals surface area contributed by atoms with Gasteiger partial charge < -0.3 is 23.7 Å². The summed E-state index contributed by atoms with van der Waals surface area (Å²) in [5, 5.41) is 11.3. The van der Waals surface area contributed by atoms with Crippen molar-refractivity contribution >= 4 is 5.91 Å². The standard InChI is InChI=1S/C30H34F3N3O6/c1-28(2)41-25-16-29(27(37)35-36-10-12-38-13-11-36,40-18-20-6-5-9-23(14-20)30(31,32)33)15-24(26(25)42-28)39-19-22-8-4-3-7-21(22)17-34/h3-9,14,24-26H,10-13,15-16,18-19H2,1-2H3,(H,35,37)/t24?,25-,26+,29-/m1/s1. The van der Waals surface area contributed by atoms with Crippen molar-refractivity contribution in [3.05, 3.63) is 70.8 Å². The number of ether oxygens (including phenoxy) is 5. The average Bonchev–Trinajstić information content (AvgIpc) is 3.28. The van der Waals surface area contributed by atoms with Crippen LogP contribution in [0.2, 0.25) is 0 Å². The summed E-state index contributed by atoms with van der Waals surface area (Å²) in [5.41, 5.74) is 2.02. The minimum absolute atomic E-state index is 0.0530. The molecule has 2 heterocycles. The van der Waals surface area contributed by atoms with Crippen molar-refractivity contribution in [3.8, 4) is 6.07 Å². The smallest absolute Gasteiger partial charge is 0.379 e. The summed E-state index contributed by atoms with van der Waals surface area (Å²) < 4.78 is 70.6. The Morgan fingerprint density at radius 2 is 1.86 bits per heavy atom. The number of carbonyl (C=O) groups is 1. The van der Waals surface area contributed by atoms with Gasteiger partial charge in [0, 0.05) is 25.9 Å². The van der Waals surface area contributed by atoms with Crippen molar-refractivity contribution in [3.63, 3.8) is 0 Å². The Morgan fingerprint density at radius 1 is 1.10 bits per heavy atom. The molecule has 1 aliphatic carbocycles. The van der Waals surface area contributed by atoms with E-state index in [9.17, 15) is 23.2 Å². The zero-order valence-electron chi connectivity index (χ0n) is 23.5. The van der Waals surface area contributed by atoms with Crippen LogP contribution in [0.3, 0.4) is 0 Å². The predicted molar refractivity (Wildman–Crippen MR) is 142 cm³/mol. The Kier molecular flexibility index (Phi) is 8.89. The van der Waals surface area contributed by atoms with Crippen LogP contribution in [0.25, 0.3) is 0 Å². The van der Waals surface area contributed by atoms with Gasteiger partial charge in [-0.3, -0.25) is 10.2 Å². The van der Waals surface area contributed by atoms with E-state index in [4.69, 9.17) is 23.7 Å². The number of fused-ring (bicyclic) bond motifs is 1. The molecule has 0 radical (unpaired) electrons. The van der Waals surface area contributed by atoms with Crippen LogP contribution in [-0.4, -0.2) is 66.9 Å². The van der Waals surface area contributed by atoms with E-state index in [1.807, 2.05) is 0 Å². The maximum atomic E-state index is 14.0. The molecule has 1 N–H and O–H groups in total. The van der Waals surface area contributed by atoms with E-state index in [1.165, 1.54) is 12.1 Å². The zero-order chi connectivity index (χ0) is 30.0. The van der Waals surface area contributed by atoms with E-state index in [0.717, 1.165) is 12.1 Å². The highest BCUT2D eigenvalue weighted by Gasteiger charge is 2.58. The zero-order valence-corrected chi connectivity index (χ0v) is 23.5. The summed E-state index contributed by atoms with van der Waals surface area (Å²) in [7, 11) is 0. The van der Waals surface area contributed by atoms with Crippen molar-refractivity contribution in [2.24, 2.45) is 0 Å². The van der Waals surface area contributed by atoms with Crippen molar-refractivity contribution in [2.45, 2.75) is 75.8 Å². The Morgan fingerprint density at radius 3 is 2.60 bits per heavy atom. The van der Waals surface area contributed by atoms with Gasteiger partial charge in [-0.1, -0.05) is 30.3 Å². The Hall–Kier alpha value is -3.05. The van der Waals surface area contributed by atoms with Gasteiger partial charge in [0.05, 0.1) is 55.8 Å². The molecule has 226 valence electrons. The van der Waals surface area contributed by atoms with Crippen molar-refractivity contribution in [1.82, 2.24) is 10.4 Å². The van der Waals surface area contributed by atoms with Crippen LogP contribution >= 0.6 is 0 Å². The van der Waals surface area contributed by atoms with Crippen LogP contribution in [-0.2, 0) is 47.9 Å². The van der Waals surface area contributed by atoms with Gasteiger partial charge in [0.15, 0.2) is 11.4 Å². The molecule has 3 aliphatic rings. The van der Waals surface area contributed by atoms with E-state index in [2.05, 4.69) is 11.5 Å². The summed E-state index contributed by atoms with van der Waals surface area (Å²) in [5.74, 6) is -1.41. The third-order valence-electron chi connectivity index (χ3n) is 7.69. The highest BCUT2D eigenvalue weighted by atomic mass is 19.4. The number of carbonyl (C=O) groups excluding carboxylic acids is 1. The maximum Gasteiger partial charge on any atom is 0.416 e. The van der Waals surface area contributed by atoms with Gasteiger partial charge in [-0.05, 0) is 43.2 Å². The maximum absolute atomic E-state index is 14.0. The first-order valence-corrected chi connectivity index (χ1v) is 13.9. The number of nitrogens with zero attached hydrogens (tertiary/aromatic N) is 2.